The average Bonchev–Trinajstić information content (AvgIpc) is 2.61. The van der Waals surface area contributed by atoms with Crippen molar-refractivity contribution in [2.75, 3.05) is 5.43 Å². The maximum absolute atomic E-state index is 5.98. The van der Waals surface area contributed by atoms with Crippen molar-refractivity contribution in [2.24, 2.45) is 5.10 Å². The van der Waals surface area contributed by atoms with Crippen LogP contribution in [0.25, 0.3) is 0 Å². The number of benzene rings is 3. The fourth-order valence-electron chi connectivity index (χ4n) is 2.17. The third-order valence-corrected chi connectivity index (χ3v) is 3.57. The molecule has 0 bridgehead atoms. The smallest absolute Gasteiger partial charge is 0.120 e. The summed E-state index contributed by atoms with van der Waals surface area (Å²) < 4.78 is 5.81. The van der Waals surface area contributed by atoms with Crippen LogP contribution in [0.5, 0.6) is 5.75 Å². The molecule has 1 N–H and O–H groups in total. The SMILES string of the molecule is Clc1cccc(COc2cccc(/C=N/Nc3ccccc3)c2)c1. The van der Waals surface area contributed by atoms with Gasteiger partial charge in [0.1, 0.15) is 12.4 Å². The van der Waals surface area contributed by atoms with Crippen molar-refractivity contribution in [3.63, 3.8) is 0 Å². The van der Waals surface area contributed by atoms with E-state index >= 15 is 0 Å². The van der Waals surface area contributed by atoms with Crippen LogP contribution >= 0.6 is 11.6 Å². The fraction of sp³-hybridized carbons (Fsp3) is 0.0500. The quantitative estimate of drug-likeness (QED) is 0.485. The van der Waals surface area contributed by atoms with Crippen molar-refractivity contribution in [1.29, 1.82) is 0 Å². The lowest BCUT2D eigenvalue weighted by molar-refractivity contribution is 0.306. The fourth-order valence-corrected chi connectivity index (χ4v) is 2.38. The summed E-state index contributed by atoms with van der Waals surface area (Å²) in [4.78, 5) is 0. The van der Waals surface area contributed by atoms with Gasteiger partial charge in [0.15, 0.2) is 0 Å². The highest BCUT2D eigenvalue weighted by molar-refractivity contribution is 6.30. The molecule has 0 spiro atoms. The van der Waals surface area contributed by atoms with Gasteiger partial charge in [0.05, 0.1) is 11.9 Å². The van der Waals surface area contributed by atoms with Crippen molar-refractivity contribution >= 4 is 23.5 Å². The monoisotopic (exact) mass is 336 g/mol. The molecule has 0 aromatic heterocycles. The Hall–Kier alpha value is -2.78. The number of rotatable bonds is 6. The van der Waals surface area contributed by atoms with Crippen LogP contribution in [-0.4, -0.2) is 6.21 Å². The predicted octanol–water partition coefficient (Wildman–Crippen LogP) is 5.37. The minimum absolute atomic E-state index is 0.476. The van der Waals surface area contributed by atoms with Gasteiger partial charge >= 0.3 is 0 Å². The lowest BCUT2D eigenvalue weighted by Crippen LogP contribution is -1.96. The van der Waals surface area contributed by atoms with E-state index in [2.05, 4.69) is 10.5 Å². The molecule has 120 valence electrons. The number of para-hydroxylation sites is 1. The van der Waals surface area contributed by atoms with Gasteiger partial charge < -0.3 is 4.74 Å². The van der Waals surface area contributed by atoms with E-state index in [1.165, 1.54) is 0 Å². The van der Waals surface area contributed by atoms with Gasteiger partial charge in [0, 0.05) is 5.02 Å². The third kappa shape index (κ3) is 4.86. The van der Waals surface area contributed by atoms with Crippen LogP contribution in [0.4, 0.5) is 5.69 Å². The zero-order valence-electron chi connectivity index (χ0n) is 13.0. The molecule has 3 rings (SSSR count). The highest BCUT2D eigenvalue weighted by Crippen LogP contribution is 2.16. The summed E-state index contributed by atoms with van der Waals surface area (Å²) in [6.07, 6.45) is 1.76. The summed E-state index contributed by atoms with van der Waals surface area (Å²) in [5, 5.41) is 4.95. The van der Waals surface area contributed by atoms with Crippen LogP contribution < -0.4 is 10.2 Å². The van der Waals surface area contributed by atoms with Gasteiger partial charge in [-0.15, -0.1) is 0 Å². The molecule has 0 aliphatic heterocycles. The molecule has 24 heavy (non-hydrogen) atoms. The molecule has 0 saturated heterocycles. The van der Waals surface area contributed by atoms with Gasteiger partial charge in [-0.3, -0.25) is 5.43 Å². The van der Waals surface area contributed by atoms with Crippen molar-refractivity contribution in [1.82, 2.24) is 0 Å². The molecule has 0 unspecified atom stereocenters. The number of hydrogen-bond acceptors (Lipinski definition) is 3. The van der Waals surface area contributed by atoms with Crippen LogP contribution in [0, 0.1) is 0 Å². The molecule has 0 fully saturated rings. The molecule has 3 nitrogen and oxygen atoms in total. The van der Waals surface area contributed by atoms with Gasteiger partial charge in [-0.1, -0.05) is 54.1 Å². The molecule has 4 heteroatoms. The molecule has 0 aliphatic rings. The average molecular weight is 337 g/mol. The molecule has 0 radical (unpaired) electrons. The summed E-state index contributed by atoms with van der Waals surface area (Å²) in [7, 11) is 0. The zero-order chi connectivity index (χ0) is 16.6. The number of hydrogen-bond donors (Lipinski definition) is 1. The van der Waals surface area contributed by atoms with Gasteiger partial charge in [-0.25, -0.2) is 0 Å². The molecule has 3 aromatic rings. The zero-order valence-corrected chi connectivity index (χ0v) is 13.8. The number of anilines is 1. The second-order valence-electron chi connectivity index (χ2n) is 5.23. The lowest BCUT2D eigenvalue weighted by atomic mass is 10.2. The molecule has 0 heterocycles. The topological polar surface area (TPSA) is 33.6 Å². The minimum atomic E-state index is 0.476. The molecule has 3 aromatic carbocycles. The third-order valence-electron chi connectivity index (χ3n) is 3.33. The van der Waals surface area contributed by atoms with E-state index in [0.29, 0.717) is 11.6 Å². The van der Waals surface area contributed by atoms with Crippen molar-refractivity contribution < 1.29 is 4.74 Å². The van der Waals surface area contributed by atoms with E-state index in [9.17, 15) is 0 Å². The minimum Gasteiger partial charge on any atom is -0.489 e. The predicted molar refractivity (Wildman–Crippen MR) is 99.9 cm³/mol. The number of nitrogens with one attached hydrogen (secondary N) is 1. The summed E-state index contributed by atoms with van der Waals surface area (Å²) in [6.45, 7) is 0.476. The van der Waals surface area contributed by atoms with Crippen LogP contribution in [-0.2, 0) is 6.61 Å². The van der Waals surface area contributed by atoms with Crippen LogP contribution in [0.3, 0.4) is 0 Å². The number of hydrazone groups is 1. The summed E-state index contributed by atoms with van der Waals surface area (Å²) in [6, 6.07) is 25.2. The van der Waals surface area contributed by atoms with Gasteiger partial charge in [-0.05, 0) is 47.5 Å². The second-order valence-corrected chi connectivity index (χ2v) is 5.66. The highest BCUT2D eigenvalue weighted by atomic mass is 35.5. The van der Waals surface area contributed by atoms with Crippen LogP contribution in [0.15, 0.2) is 84.0 Å². The standard InChI is InChI=1S/C20H17ClN2O/c21-18-8-4-7-17(12-18)15-24-20-11-5-6-16(13-20)14-22-23-19-9-2-1-3-10-19/h1-14,23H,15H2/b22-14+. The molecule has 0 saturated carbocycles. The molecule has 0 atom stereocenters. The van der Waals surface area contributed by atoms with Crippen LogP contribution in [0.2, 0.25) is 5.02 Å². The molecular formula is C20H17ClN2O. The van der Waals surface area contributed by atoms with Gasteiger partial charge in [0.25, 0.3) is 0 Å². The maximum Gasteiger partial charge on any atom is 0.120 e. The Morgan fingerprint density at radius 3 is 2.58 bits per heavy atom. The first kappa shape index (κ1) is 16.1. The first-order valence-electron chi connectivity index (χ1n) is 7.61. The van der Waals surface area contributed by atoms with Crippen molar-refractivity contribution in [3.8, 4) is 5.75 Å². The number of ether oxygens (including phenoxy) is 1. The Bertz CT molecular complexity index is 819. The summed E-state index contributed by atoms with van der Waals surface area (Å²) in [5.74, 6) is 0.790. The lowest BCUT2D eigenvalue weighted by Gasteiger charge is -2.07. The van der Waals surface area contributed by atoms with Crippen molar-refractivity contribution in [2.45, 2.75) is 6.61 Å². The van der Waals surface area contributed by atoms with Crippen LogP contribution in [0.1, 0.15) is 11.1 Å². The largest absolute Gasteiger partial charge is 0.489 e. The van der Waals surface area contributed by atoms with Crippen molar-refractivity contribution in [3.05, 3.63) is 95.0 Å². The van der Waals surface area contributed by atoms with E-state index in [4.69, 9.17) is 16.3 Å². The molecule has 0 amide bonds. The Balaban J connectivity index is 1.59. The maximum atomic E-state index is 5.98. The first-order valence-corrected chi connectivity index (χ1v) is 7.99. The molecule has 0 aliphatic carbocycles. The second kappa shape index (κ2) is 8.18. The first-order chi connectivity index (χ1) is 11.8. The molecular weight excluding hydrogens is 320 g/mol. The Morgan fingerprint density at radius 2 is 1.75 bits per heavy atom. The highest BCUT2D eigenvalue weighted by Gasteiger charge is 1.98. The Kier molecular flexibility index (Phi) is 5.48. The normalized spacial score (nSPS) is 10.7. The number of halogens is 1. The Morgan fingerprint density at radius 1 is 0.917 bits per heavy atom. The van der Waals surface area contributed by atoms with E-state index in [1.54, 1.807) is 6.21 Å². The summed E-state index contributed by atoms with van der Waals surface area (Å²) in [5.41, 5.74) is 5.93. The van der Waals surface area contributed by atoms with Gasteiger partial charge in [-0.2, -0.15) is 5.10 Å². The Labute approximate surface area is 146 Å². The van der Waals surface area contributed by atoms with E-state index in [-0.39, 0.29) is 0 Å². The van der Waals surface area contributed by atoms with E-state index < -0.39 is 0 Å². The van der Waals surface area contributed by atoms with E-state index in [1.807, 2.05) is 78.9 Å². The van der Waals surface area contributed by atoms with Gasteiger partial charge in [0.2, 0.25) is 0 Å². The van der Waals surface area contributed by atoms with E-state index in [0.717, 1.165) is 22.6 Å². The summed E-state index contributed by atoms with van der Waals surface area (Å²) >= 11 is 5.98. The number of nitrogens with zero attached hydrogens (tertiary/aromatic N) is 1.